The minimum atomic E-state index is -4.59. The number of carbonyl (C=O) groups excluding carboxylic acids is 1. The van der Waals surface area contributed by atoms with E-state index in [1.165, 1.54) is 10.7 Å². The van der Waals surface area contributed by atoms with E-state index in [1.807, 2.05) is 19.1 Å². The van der Waals surface area contributed by atoms with E-state index in [9.17, 15) is 26.4 Å². The maximum Gasteiger partial charge on any atom is 0.416 e. The van der Waals surface area contributed by atoms with E-state index in [-0.39, 0.29) is 22.9 Å². The monoisotopic (exact) mass is 435 g/mol. The number of sulfone groups is 1. The number of amides is 1. The number of aryl methyl sites for hydroxylation is 1. The van der Waals surface area contributed by atoms with Gasteiger partial charge in [0.1, 0.15) is 5.82 Å². The Labute approximate surface area is 170 Å². The highest BCUT2D eigenvalue weighted by Crippen LogP contribution is 2.34. The molecule has 30 heavy (non-hydrogen) atoms. The first-order valence-corrected chi connectivity index (χ1v) is 10.7. The van der Waals surface area contributed by atoms with Crippen LogP contribution in [0, 0.1) is 6.92 Å². The molecule has 1 aromatic heterocycles. The zero-order valence-electron chi connectivity index (χ0n) is 15.7. The van der Waals surface area contributed by atoms with Crippen molar-refractivity contribution < 1.29 is 26.4 Å². The summed E-state index contributed by atoms with van der Waals surface area (Å²) in [6, 6.07) is 11.2. The van der Waals surface area contributed by atoms with Gasteiger partial charge in [0, 0.05) is 11.1 Å². The van der Waals surface area contributed by atoms with Gasteiger partial charge in [0.25, 0.3) is 5.91 Å². The van der Waals surface area contributed by atoms with Gasteiger partial charge in [-0.3, -0.25) is 4.79 Å². The molecule has 0 saturated heterocycles. The van der Waals surface area contributed by atoms with Gasteiger partial charge in [-0.2, -0.15) is 18.3 Å². The van der Waals surface area contributed by atoms with Gasteiger partial charge in [0.2, 0.25) is 0 Å². The summed E-state index contributed by atoms with van der Waals surface area (Å²) in [5.74, 6) is -1.20. The molecule has 0 unspecified atom stereocenters. The Kier molecular flexibility index (Phi) is 4.69. The number of rotatable bonds is 3. The summed E-state index contributed by atoms with van der Waals surface area (Å²) in [5.41, 5.74) is 0.975. The van der Waals surface area contributed by atoms with E-state index >= 15 is 0 Å². The zero-order chi connectivity index (χ0) is 21.7. The third-order valence-electron chi connectivity index (χ3n) is 4.82. The second-order valence-corrected chi connectivity index (χ2v) is 9.10. The van der Waals surface area contributed by atoms with Crippen LogP contribution in [0.25, 0.3) is 5.69 Å². The highest BCUT2D eigenvalue weighted by atomic mass is 32.2. The van der Waals surface area contributed by atoms with E-state index in [2.05, 4.69) is 10.4 Å². The molecule has 0 aliphatic carbocycles. The third-order valence-corrected chi connectivity index (χ3v) is 6.26. The summed E-state index contributed by atoms with van der Waals surface area (Å²) in [6.45, 7) is 1.83. The molecule has 0 fully saturated rings. The third kappa shape index (κ3) is 3.70. The highest BCUT2D eigenvalue weighted by Gasteiger charge is 2.34. The second kappa shape index (κ2) is 6.98. The quantitative estimate of drug-likeness (QED) is 0.677. The number of para-hydroxylation sites is 1. The van der Waals surface area contributed by atoms with Gasteiger partial charge in [-0.25, -0.2) is 13.1 Å². The molecule has 0 spiro atoms. The van der Waals surface area contributed by atoms with Crippen LogP contribution in [0.3, 0.4) is 0 Å². The Morgan fingerprint density at radius 3 is 2.53 bits per heavy atom. The standard InChI is InChI=1S/C20H16F3N3O3S/c1-12-5-2-3-8-17(12)26-18(15-10-30(28,29)11-16(15)25-26)24-19(27)13-6-4-7-14(9-13)20(21,22)23/h2-9H,10-11H2,1H3,(H,24,27). The Balaban J connectivity index is 1.77. The highest BCUT2D eigenvalue weighted by molar-refractivity contribution is 7.90. The smallest absolute Gasteiger partial charge is 0.306 e. The Bertz CT molecular complexity index is 1260. The van der Waals surface area contributed by atoms with Crippen LogP contribution in [0.15, 0.2) is 48.5 Å². The summed E-state index contributed by atoms with van der Waals surface area (Å²) >= 11 is 0. The maximum atomic E-state index is 13.0. The van der Waals surface area contributed by atoms with E-state index < -0.39 is 27.5 Å². The predicted molar refractivity (Wildman–Crippen MR) is 104 cm³/mol. The van der Waals surface area contributed by atoms with Crippen molar-refractivity contribution in [3.63, 3.8) is 0 Å². The lowest BCUT2D eigenvalue weighted by atomic mass is 10.1. The molecular formula is C20H16F3N3O3S. The average Bonchev–Trinajstić information content (AvgIpc) is 3.14. The van der Waals surface area contributed by atoms with Crippen LogP contribution in [0.1, 0.15) is 32.7 Å². The minimum Gasteiger partial charge on any atom is -0.306 e. The fourth-order valence-electron chi connectivity index (χ4n) is 3.36. The van der Waals surface area contributed by atoms with Crippen LogP contribution >= 0.6 is 0 Å². The largest absolute Gasteiger partial charge is 0.416 e. The Morgan fingerprint density at radius 2 is 1.83 bits per heavy atom. The molecule has 0 bridgehead atoms. The SMILES string of the molecule is Cc1ccccc1-n1nc2c(c1NC(=O)c1cccc(C(F)(F)F)c1)CS(=O)(=O)C2. The summed E-state index contributed by atoms with van der Waals surface area (Å²) in [5, 5.41) is 6.94. The van der Waals surface area contributed by atoms with Crippen molar-refractivity contribution in [3.05, 3.63) is 76.5 Å². The van der Waals surface area contributed by atoms with Crippen molar-refractivity contribution in [3.8, 4) is 5.69 Å². The van der Waals surface area contributed by atoms with Crippen molar-refractivity contribution in [1.82, 2.24) is 9.78 Å². The maximum absolute atomic E-state index is 13.0. The van der Waals surface area contributed by atoms with Crippen LogP contribution in [0.5, 0.6) is 0 Å². The van der Waals surface area contributed by atoms with Gasteiger partial charge in [-0.1, -0.05) is 24.3 Å². The first kappa shape index (κ1) is 20.1. The number of aromatic nitrogens is 2. The number of hydrogen-bond donors (Lipinski definition) is 1. The van der Waals surface area contributed by atoms with Crippen molar-refractivity contribution in [1.29, 1.82) is 0 Å². The summed E-state index contributed by atoms with van der Waals surface area (Å²) in [7, 11) is -3.40. The Hall–Kier alpha value is -3.14. The molecule has 3 aromatic rings. The molecule has 2 aromatic carbocycles. The molecule has 10 heteroatoms. The van der Waals surface area contributed by atoms with Crippen molar-refractivity contribution in [2.24, 2.45) is 0 Å². The fourth-order valence-corrected chi connectivity index (χ4v) is 4.86. The van der Waals surface area contributed by atoms with Crippen LogP contribution in [0.4, 0.5) is 19.0 Å². The van der Waals surface area contributed by atoms with E-state index in [0.29, 0.717) is 16.9 Å². The van der Waals surface area contributed by atoms with Gasteiger partial charge < -0.3 is 5.32 Å². The number of fused-ring (bicyclic) bond motifs is 1. The first-order chi connectivity index (χ1) is 14.0. The number of hydrogen-bond acceptors (Lipinski definition) is 4. The van der Waals surface area contributed by atoms with Crippen LogP contribution < -0.4 is 5.32 Å². The Morgan fingerprint density at radius 1 is 1.10 bits per heavy atom. The molecule has 0 saturated carbocycles. The number of nitrogens with one attached hydrogen (secondary N) is 1. The number of alkyl halides is 3. The van der Waals surface area contributed by atoms with E-state index in [0.717, 1.165) is 23.8 Å². The molecule has 0 radical (unpaired) electrons. The molecule has 6 nitrogen and oxygen atoms in total. The summed E-state index contributed by atoms with van der Waals surface area (Å²) in [6.07, 6.45) is -4.59. The first-order valence-electron chi connectivity index (χ1n) is 8.91. The lowest BCUT2D eigenvalue weighted by Crippen LogP contribution is -2.18. The topological polar surface area (TPSA) is 81.1 Å². The molecule has 2 heterocycles. The molecule has 156 valence electrons. The number of carbonyl (C=O) groups is 1. The molecule has 1 aliphatic heterocycles. The predicted octanol–water partition coefficient (Wildman–Crippen LogP) is 3.88. The minimum absolute atomic E-state index is 0.141. The van der Waals surface area contributed by atoms with Crippen LogP contribution in [0.2, 0.25) is 0 Å². The fraction of sp³-hybridized carbons (Fsp3) is 0.200. The molecule has 0 atom stereocenters. The van der Waals surface area contributed by atoms with Gasteiger partial charge in [-0.15, -0.1) is 0 Å². The van der Waals surface area contributed by atoms with Crippen LogP contribution in [-0.4, -0.2) is 24.1 Å². The lowest BCUT2D eigenvalue weighted by molar-refractivity contribution is -0.137. The summed E-state index contributed by atoms with van der Waals surface area (Å²) < 4.78 is 64.5. The number of benzene rings is 2. The lowest BCUT2D eigenvalue weighted by Gasteiger charge is -2.13. The molecule has 4 rings (SSSR count). The molecule has 1 amide bonds. The summed E-state index contributed by atoms with van der Waals surface area (Å²) in [4.78, 5) is 12.8. The van der Waals surface area contributed by atoms with Gasteiger partial charge in [0.05, 0.1) is 28.5 Å². The number of nitrogens with zero attached hydrogens (tertiary/aromatic N) is 2. The van der Waals surface area contributed by atoms with E-state index in [4.69, 9.17) is 0 Å². The van der Waals surface area contributed by atoms with Gasteiger partial charge in [-0.05, 0) is 36.8 Å². The second-order valence-electron chi connectivity index (χ2n) is 7.04. The van der Waals surface area contributed by atoms with Crippen LogP contribution in [-0.2, 0) is 27.5 Å². The van der Waals surface area contributed by atoms with Gasteiger partial charge >= 0.3 is 6.18 Å². The molecular weight excluding hydrogens is 419 g/mol. The normalized spacial score (nSPS) is 15.1. The van der Waals surface area contributed by atoms with Crippen molar-refractivity contribution in [2.75, 3.05) is 5.32 Å². The molecule has 1 aliphatic rings. The zero-order valence-corrected chi connectivity index (χ0v) is 16.5. The molecule has 1 N–H and O–H groups in total. The number of anilines is 1. The van der Waals surface area contributed by atoms with Gasteiger partial charge in [0.15, 0.2) is 9.84 Å². The van der Waals surface area contributed by atoms with Crippen molar-refractivity contribution >= 4 is 21.6 Å². The number of halogens is 3. The van der Waals surface area contributed by atoms with E-state index in [1.54, 1.807) is 12.1 Å². The average molecular weight is 435 g/mol. The van der Waals surface area contributed by atoms with Crippen molar-refractivity contribution in [2.45, 2.75) is 24.6 Å².